The Kier molecular flexibility index (Phi) is 5.40. The molecule has 1 aliphatic carbocycles. The van der Waals surface area contributed by atoms with Gasteiger partial charge < -0.3 is 29.4 Å². The van der Waals surface area contributed by atoms with E-state index in [1.165, 1.54) is 16.8 Å². The van der Waals surface area contributed by atoms with Gasteiger partial charge in [0.15, 0.2) is 0 Å². The Hall–Kier alpha value is -4.01. The Balaban J connectivity index is 1.21. The lowest BCUT2D eigenvalue weighted by atomic mass is 9.68. The van der Waals surface area contributed by atoms with E-state index in [-0.39, 0.29) is 36.0 Å². The second kappa shape index (κ2) is 8.54. The summed E-state index contributed by atoms with van der Waals surface area (Å²) in [5.41, 5.74) is 0.770. The third kappa shape index (κ3) is 3.80. The number of anilines is 2. The zero-order chi connectivity index (χ0) is 25.8. The molecule has 2 bridgehead atoms. The van der Waals surface area contributed by atoms with Crippen molar-refractivity contribution in [3.8, 4) is 11.9 Å². The van der Waals surface area contributed by atoms with Crippen LogP contribution in [-0.4, -0.2) is 63.1 Å². The highest BCUT2D eigenvalue weighted by molar-refractivity contribution is 5.82. The number of rotatable bonds is 5. The number of pyridine rings is 3. The maximum Gasteiger partial charge on any atom is 0.332 e. The van der Waals surface area contributed by atoms with E-state index in [2.05, 4.69) is 26.3 Å². The van der Waals surface area contributed by atoms with E-state index in [9.17, 15) is 20.0 Å². The average Bonchev–Trinajstić information content (AvgIpc) is 2.94. The predicted octanol–water partition coefficient (Wildman–Crippen LogP) is 1.57. The van der Waals surface area contributed by atoms with Crippen LogP contribution in [0.3, 0.4) is 0 Å². The topological polar surface area (TPSA) is 143 Å². The van der Waals surface area contributed by atoms with Gasteiger partial charge in [0.25, 0.3) is 5.56 Å². The molecule has 2 saturated heterocycles. The van der Waals surface area contributed by atoms with Gasteiger partial charge >= 0.3 is 5.97 Å². The van der Waals surface area contributed by atoms with Crippen LogP contribution in [0.4, 0.5) is 11.5 Å². The number of nitrogens with zero attached hydrogens (tertiary/aromatic N) is 5. The summed E-state index contributed by atoms with van der Waals surface area (Å²) < 4.78 is 13.1. The van der Waals surface area contributed by atoms with Crippen molar-refractivity contribution in [2.45, 2.75) is 49.5 Å². The molecule has 0 radical (unpaired) electrons. The van der Waals surface area contributed by atoms with Crippen molar-refractivity contribution in [3.05, 3.63) is 52.4 Å². The van der Waals surface area contributed by atoms with Crippen LogP contribution in [0.15, 0.2) is 41.3 Å². The molecule has 37 heavy (non-hydrogen) atoms. The Bertz CT molecular complexity index is 1490. The van der Waals surface area contributed by atoms with Crippen LogP contribution in [0.2, 0.25) is 0 Å². The number of aliphatic hydroxyl groups excluding tert-OH is 1. The molecule has 11 heteroatoms. The van der Waals surface area contributed by atoms with Gasteiger partial charge in [-0.25, -0.2) is 4.79 Å². The summed E-state index contributed by atoms with van der Waals surface area (Å²) in [6.07, 6.45) is 3.30. The van der Waals surface area contributed by atoms with Gasteiger partial charge in [0.2, 0.25) is 5.88 Å². The predicted molar refractivity (Wildman–Crippen MR) is 133 cm³/mol. The van der Waals surface area contributed by atoms with E-state index in [1.807, 2.05) is 19.2 Å². The molecule has 0 amide bonds. The lowest BCUT2D eigenvalue weighted by molar-refractivity contribution is -0.205. The molecule has 1 saturated carbocycles. The van der Waals surface area contributed by atoms with Crippen molar-refractivity contribution < 1.29 is 19.4 Å². The lowest BCUT2D eigenvalue weighted by Crippen LogP contribution is -2.66. The highest BCUT2D eigenvalue weighted by Gasteiger charge is 2.55. The minimum Gasteiger partial charge on any atom is -0.404 e. The molecule has 0 aromatic carbocycles. The van der Waals surface area contributed by atoms with Gasteiger partial charge in [0.05, 0.1) is 46.6 Å². The highest BCUT2D eigenvalue weighted by atomic mass is 16.5. The van der Waals surface area contributed by atoms with E-state index < -0.39 is 11.7 Å². The fraction of sp³-hybridized carbons (Fsp3) is 0.423. The average molecular weight is 503 g/mol. The Labute approximate surface area is 212 Å². The molecule has 2 N–H and O–H groups in total. The molecule has 11 nitrogen and oxygen atoms in total. The number of hydrogen-bond donors (Lipinski definition) is 2. The molecule has 3 aromatic heterocycles. The Morgan fingerprint density at radius 2 is 2.05 bits per heavy atom. The van der Waals surface area contributed by atoms with Gasteiger partial charge in [-0.1, -0.05) is 0 Å². The first-order valence-corrected chi connectivity index (χ1v) is 12.2. The van der Waals surface area contributed by atoms with E-state index in [1.54, 1.807) is 12.1 Å². The lowest BCUT2D eigenvalue weighted by Gasteiger charge is -2.57. The minimum atomic E-state index is -0.919. The molecule has 190 valence electrons. The third-order valence-electron chi connectivity index (χ3n) is 8.12. The molecular weight excluding hydrogens is 476 g/mol. The molecule has 3 aliphatic heterocycles. The number of hydrogen-bond acceptors (Lipinski definition) is 10. The Morgan fingerprint density at radius 1 is 1.24 bits per heavy atom. The molecule has 0 spiro atoms. The summed E-state index contributed by atoms with van der Waals surface area (Å²) >= 11 is 0. The number of esters is 1. The fourth-order valence-electron chi connectivity index (χ4n) is 5.71. The number of aromatic nitrogens is 3. The number of carbonyl (C=O) groups excluding carboxylic acids is 1. The molecular formula is C26H26N6O5. The normalized spacial score (nSPS) is 25.1. The van der Waals surface area contributed by atoms with Crippen molar-refractivity contribution in [2.24, 2.45) is 0 Å². The van der Waals surface area contributed by atoms with E-state index >= 15 is 0 Å². The number of aliphatic hydroxyl groups is 1. The minimum absolute atomic E-state index is 0.0420. The first kappa shape index (κ1) is 23.4. The van der Waals surface area contributed by atoms with Gasteiger partial charge in [-0.15, -0.1) is 0 Å². The first-order chi connectivity index (χ1) is 17.8. The van der Waals surface area contributed by atoms with Crippen LogP contribution < -0.4 is 20.5 Å². The summed E-state index contributed by atoms with van der Waals surface area (Å²) in [5.74, 6) is 0.570. The maximum absolute atomic E-state index is 12.7. The van der Waals surface area contributed by atoms with Crippen LogP contribution in [0.5, 0.6) is 5.88 Å². The molecule has 6 heterocycles. The molecule has 3 aromatic rings. The van der Waals surface area contributed by atoms with Crippen LogP contribution in [0.1, 0.15) is 31.2 Å². The van der Waals surface area contributed by atoms with Crippen LogP contribution in [0, 0.1) is 11.3 Å². The second-order valence-corrected chi connectivity index (χ2v) is 10.0. The number of likely N-dealkylation sites (N-methyl/N-ethyl adjacent to an activating group) is 1. The molecule has 3 fully saturated rings. The number of carbonyl (C=O) groups is 1. The molecule has 1 atom stereocenters. The summed E-state index contributed by atoms with van der Waals surface area (Å²) in [5, 5.41) is 23.6. The smallest absolute Gasteiger partial charge is 0.332 e. The Morgan fingerprint density at radius 3 is 2.78 bits per heavy atom. The summed E-state index contributed by atoms with van der Waals surface area (Å²) in [7, 11) is 1.96. The number of nitriles is 1. The summed E-state index contributed by atoms with van der Waals surface area (Å²) in [6, 6.07) is 10.5. The van der Waals surface area contributed by atoms with E-state index in [0.717, 1.165) is 12.8 Å². The van der Waals surface area contributed by atoms with Crippen molar-refractivity contribution in [1.82, 2.24) is 14.5 Å². The highest BCUT2D eigenvalue weighted by Crippen LogP contribution is 2.49. The van der Waals surface area contributed by atoms with Gasteiger partial charge in [-0.3, -0.25) is 9.78 Å². The van der Waals surface area contributed by atoms with Crippen LogP contribution in [0.25, 0.3) is 11.0 Å². The standard InChI is InChI=1S/C26H26N6O5/c1-31(21-4-2-18-24(30-21)37-23(35)13-29-18)25-6-8-26(9-7-25,36-15-25)20(33)14-32-19-10-16(11-27)12-28-17(19)3-5-22(32)34/h2-5,10,12,20,29,33H,6-9,13-15H2,1H3. The van der Waals surface area contributed by atoms with E-state index in [0.29, 0.717) is 47.6 Å². The summed E-state index contributed by atoms with van der Waals surface area (Å²) in [4.78, 5) is 35.3. The fourth-order valence-corrected chi connectivity index (χ4v) is 5.71. The van der Waals surface area contributed by atoms with Crippen LogP contribution >= 0.6 is 0 Å². The van der Waals surface area contributed by atoms with Gasteiger partial charge in [-0.05, 0) is 49.9 Å². The van der Waals surface area contributed by atoms with Crippen molar-refractivity contribution in [1.29, 1.82) is 5.26 Å². The van der Waals surface area contributed by atoms with Gasteiger partial charge in [-0.2, -0.15) is 10.2 Å². The molecule has 1 unspecified atom stereocenters. The third-order valence-corrected chi connectivity index (χ3v) is 8.12. The van der Waals surface area contributed by atoms with Gasteiger partial charge in [0, 0.05) is 19.3 Å². The number of fused-ring (bicyclic) bond motifs is 5. The van der Waals surface area contributed by atoms with Crippen molar-refractivity contribution >= 4 is 28.5 Å². The number of nitrogens with one attached hydrogen (secondary N) is 1. The number of ether oxygens (including phenoxy) is 2. The van der Waals surface area contributed by atoms with Gasteiger partial charge in [0.1, 0.15) is 24.5 Å². The molecule has 7 rings (SSSR count). The van der Waals surface area contributed by atoms with Crippen molar-refractivity contribution in [3.63, 3.8) is 0 Å². The van der Waals surface area contributed by atoms with Crippen molar-refractivity contribution in [2.75, 3.05) is 30.4 Å². The molecule has 4 aliphatic rings. The van der Waals surface area contributed by atoms with E-state index in [4.69, 9.17) is 9.47 Å². The quantitative estimate of drug-likeness (QED) is 0.494. The monoisotopic (exact) mass is 502 g/mol. The maximum atomic E-state index is 12.7. The first-order valence-electron chi connectivity index (χ1n) is 12.2. The zero-order valence-corrected chi connectivity index (χ0v) is 20.3. The SMILES string of the molecule is CN(c1ccc2c(n1)OC(=O)CN2)C12CCC(C(O)Cn3c(=O)ccc4ncc(C#N)cc43)(CC1)OC2. The van der Waals surface area contributed by atoms with Crippen LogP contribution in [-0.2, 0) is 16.1 Å². The second-order valence-electron chi connectivity index (χ2n) is 10.0. The zero-order valence-electron chi connectivity index (χ0n) is 20.3. The largest absolute Gasteiger partial charge is 0.404 e. The summed E-state index contributed by atoms with van der Waals surface area (Å²) in [6.45, 7) is 0.551.